The molecule has 0 unspecified atom stereocenters. The van der Waals surface area contributed by atoms with Gasteiger partial charge in [0.05, 0.1) is 0 Å². The summed E-state index contributed by atoms with van der Waals surface area (Å²) in [7, 11) is 0. The van der Waals surface area contributed by atoms with Gasteiger partial charge in [0.25, 0.3) is 0 Å². The largest absolute Gasteiger partial charge is 0.207 e. The van der Waals surface area contributed by atoms with E-state index in [4.69, 9.17) is 0 Å². The van der Waals surface area contributed by atoms with Gasteiger partial charge in [-0.05, 0) is 53.7 Å². The molecule has 0 aliphatic heterocycles. The molecule has 0 saturated heterocycles. The van der Waals surface area contributed by atoms with Crippen LogP contribution in [0.5, 0.6) is 0 Å². The Morgan fingerprint density at radius 3 is 2.55 bits per heavy atom. The molecule has 0 fully saturated rings. The van der Waals surface area contributed by atoms with Crippen molar-refractivity contribution in [1.29, 1.82) is 0 Å². The SMILES string of the molecule is CCCc1ccc(C2=Cc3cc(F)ccc3CC2)c(F)c1F. The first-order valence-corrected chi connectivity index (χ1v) is 7.56. The van der Waals surface area contributed by atoms with Crippen molar-refractivity contribution in [3.8, 4) is 0 Å². The predicted molar refractivity (Wildman–Crippen MR) is 82.9 cm³/mol. The number of allylic oxidation sites excluding steroid dienone is 1. The van der Waals surface area contributed by atoms with Gasteiger partial charge >= 0.3 is 0 Å². The number of aryl methyl sites for hydroxylation is 2. The molecule has 0 aromatic heterocycles. The first kappa shape index (κ1) is 14.9. The summed E-state index contributed by atoms with van der Waals surface area (Å²) in [6, 6.07) is 7.91. The van der Waals surface area contributed by atoms with Crippen LogP contribution in [0.1, 0.15) is 42.0 Å². The molecular weight excluding hydrogens is 285 g/mol. The van der Waals surface area contributed by atoms with Crippen LogP contribution in [0, 0.1) is 17.5 Å². The third-order valence-electron chi connectivity index (χ3n) is 4.13. The third-order valence-corrected chi connectivity index (χ3v) is 4.13. The molecule has 3 rings (SSSR count). The molecule has 0 atom stereocenters. The van der Waals surface area contributed by atoms with Gasteiger partial charge in [0.2, 0.25) is 0 Å². The number of benzene rings is 2. The topological polar surface area (TPSA) is 0 Å². The second-order valence-electron chi connectivity index (χ2n) is 5.66. The first-order valence-electron chi connectivity index (χ1n) is 7.56. The highest BCUT2D eigenvalue weighted by molar-refractivity contribution is 5.84. The van der Waals surface area contributed by atoms with Crippen LogP contribution in [-0.4, -0.2) is 0 Å². The second-order valence-corrected chi connectivity index (χ2v) is 5.66. The molecular formula is C19H17F3. The summed E-state index contributed by atoms with van der Waals surface area (Å²) in [4.78, 5) is 0. The summed E-state index contributed by atoms with van der Waals surface area (Å²) in [6.07, 6.45) is 4.39. The molecule has 0 nitrogen and oxygen atoms in total. The van der Waals surface area contributed by atoms with Crippen LogP contribution in [0.3, 0.4) is 0 Å². The van der Waals surface area contributed by atoms with E-state index < -0.39 is 11.6 Å². The van der Waals surface area contributed by atoms with Gasteiger partial charge in [-0.25, -0.2) is 13.2 Å². The minimum absolute atomic E-state index is 0.285. The Morgan fingerprint density at radius 1 is 0.955 bits per heavy atom. The van der Waals surface area contributed by atoms with Gasteiger partial charge in [0, 0.05) is 5.56 Å². The number of rotatable bonds is 3. The zero-order chi connectivity index (χ0) is 15.7. The Morgan fingerprint density at radius 2 is 1.77 bits per heavy atom. The fourth-order valence-electron chi connectivity index (χ4n) is 2.97. The lowest BCUT2D eigenvalue weighted by atomic mass is 9.88. The van der Waals surface area contributed by atoms with E-state index in [1.807, 2.05) is 6.92 Å². The molecule has 0 amide bonds. The monoisotopic (exact) mass is 302 g/mol. The van der Waals surface area contributed by atoms with Crippen molar-refractivity contribution in [2.75, 3.05) is 0 Å². The summed E-state index contributed by atoms with van der Waals surface area (Å²) in [5.74, 6) is -1.87. The van der Waals surface area contributed by atoms with Gasteiger partial charge in [0.15, 0.2) is 11.6 Å². The maximum atomic E-state index is 14.3. The van der Waals surface area contributed by atoms with Crippen LogP contribution in [-0.2, 0) is 12.8 Å². The lowest BCUT2D eigenvalue weighted by molar-refractivity contribution is 0.495. The molecule has 0 bridgehead atoms. The number of fused-ring (bicyclic) bond motifs is 1. The van der Waals surface area contributed by atoms with E-state index in [-0.39, 0.29) is 11.4 Å². The molecule has 0 saturated carbocycles. The maximum absolute atomic E-state index is 14.3. The highest BCUT2D eigenvalue weighted by Crippen LogP contribution is 2.33. The Hall–Kier alpha value is -2.03. The van der Waals surface area contributed by atoms with E-state index in [2.05, 4.69) is 0 Å². The average molecular weight is 302 g/mol. The van der Waals surface area contributed by atoms with Gasteiger partial charge in [-0.15, -0.1) is 0 Å². The highest BCUT2D eigenvalue weighted by Gasteiger charge is 2.19. The predicted octanol–water partition coefficient (Wildman–Crippen LogP) is 5.54. The van der Waals surface area contributed by atoms with Crippen molar-refractivity contribution in [1.82, 2.24) is 0 Å². The van der Waals surface area contributed by atoms with E-state index in [0.29, 0.717) is 24.8 Å². The molecule has 3 heteroatoms. The zero-order valence-corrected chi connectivity index (χ0v) is 12.4. The van der Waals surface area contributed by atoms with Crippen molar-refractivity contribution in [3.63, 3.8) is 0 Å². The van der Waals surface area contributed by atoms with Crippen LogP contribution < -0.4 is 0 Å². The second kappa shape index (κ2) is 5.99. The average Bonchev–Trinajstić information content (AvgIpc) is 2.51. The normalized spacial score (nSPS) is 13.7. The van der Waals surface area contributed by atoms with Gasteiger partial charge in [0.1, 0.15) is 5.82 Å². The smallest absolute Gasteiger partial charge is 0.166 e. The quantitative estimate of drug-likeness (QED) is 0.698. The van der Waals surface area contributed by atoms with Crippen molar-refractivity contribution in [2.24, 2.45) is 0 Å². The van der Waals surface area contributed by atoms with E-state index in [1.165, 1.54) is 12.1 Å². The summed E-state index contributed by atoms with van der Waals surface area (Å²) >= 11 is 0. The van der Waals surface area contributed by atoms with Gasteiger partial charge in [-0.1, -0.05) is 37.6 Å². The molecule has 0 spiro atoms. The minimum Gasteiger partial charge on any atom is -0.207 e. The van der Waals surface area contributed by atoms with Gasteiger partial charge in [-0.2, -0.15) is 0 Å². The summed E-state index contributed by atoms with van der Waals surface area (Å²) < 4.78 is 41.8. The molecule has 0 heterocycles. The van der Waals surface area contributed by atoms with Crippen molar-refractivity contribution in [3.05, 3.63) is 70.0 Å². The Kier molecular flexibility index (Phi) is 4.06. The minimum atomic E-state index is -0.794. The summed E-state index contributed by atoms with van der Waals surface area (Å²) in [5.41, 5.74) is 3.20. The van der Waals surface area contributed by atoms with Crippen LogP contribution in [0.25, 0.3) is 11.6 Å². The Labute approximate surface area is 128 Å². The third kappa shape index (κ3) is 2.68. The van der Waals surface area contributed by atoms with Crippen LogP contribution >= 0.6 is 0 Å². The van der Waals surface area contributed by atoms with Crippen molar-refractivity contribution in [2.45, 2.75) is 32.6 Å². The van der Waals surface area contributed by atoms with Crippen LogP contribution in [0.15, 0.2) is 30.3 Å². The van der Waals surface area contributed by atoms with Crippen molar-refractivity contribution < 1.29 is 13.2 Å². The zero-order valence-electron chi connectivity index (χ0n) is 12.4. The number of hydrogen-bond acceptors (Lipinski definition) is 0. The molecule has 0 N–H and O–H groups in total. The van der Waals surface area contributed by atoms with E-state index in [1.54, 1.807) is 24.3 Å². The van der Waals surface area contributed by atoms with Gasteiger partial charge in [-0.3, -0.25) is 0 Å². The van der Waals surface area contributed by atoms with E-state index in [0.717, 1.165) is 23.1 Å². The number of hydrogen-bond donors (Lipinski definition) is 0. The lowest BCUT2D eigenvalue weighted by Crippen LogP contribution is -2.04. The molecule has 2 aromatic rings. The summed E-state index contributed by atoms with van der Waals surface area (Å²) in [6.45, 7) is 1.93. The molecule has 2 aromatic carbocycles. The Balaban J connectivity index is 2.03. The van der Waals surface area contributed by atoms with E-state index in [9.17, 15) is 13.2 Å². The van der Waals surface area contributed by atoms with Gasteiger partial charge < -0.3 is 0 Å². The fraction of sp³-hybridized carbons (Fsp3) is 0.263. The fourth-order valence-corrected chi connectivity index (χ4v) is 2.97. The van der Waals surface area contributed by atoms with Crippen LogP contribution in [0.4, 0.5) is 13.2 Å². The molecule has 114 valence electrons. The molecule has 0 radical (unpaired) electrons. The standard InChI is InChI=1S/C19H17F3/c1-2-3-13-7-9-17(19(22)18(13)21)14-5-4-12-6-8-16(20)11-15(12)10-14/h6-11H,2-5H2,1H3. The highest BCUT2D eigenvalue weighted by atomic mass is 19.2. The Bertz CT molecular complexity index is 745. The maximum Gasteiger partial charge on any atom is 0.166 e. The molecule has 22 heavy (non-hydrogen) atoms. The lowest BCUT2D eigenvalue weighted by Gasteiger charge is -2.18. The van der Waals surface area contributed by atoms with E-state index >= 15 is 0 Å². The molecule has 1 aliphatic rings. The molecule has 1 aliphatic carbocycles. The number of halogens is 3. The summed E-state index contributed by atoms with van der Waals surface area (Å²) in [5, 5.41) is 0. The van der Waals surface area contributed by atoms with Crippen LogP contribution in [0.2, 0.25) is 0 Å². The van der Waals surface area contributed by atoms with Crippen molar-refractivity contribution >= 4 is 11.6 Å². The first-order chi connectivity index (χ1) is 10.6.